The van der Waals surface area contributed by atoms with Crippen molar-refractivity contribution in [3.05, 3.63) is 77.3 Å². The van der Waals surface area contributed by atoms with Crippen LogP contribution in [0.25, 0.3) is 22.4 Å². The van der Waals surface area contributed by atoms with Gasteiger partial charge >= 0.3 is 6.16 Å². The molecule has 2 fully saturated rings. The van der Waals surface area contributed by atoms with Crippen molar-refractivity contribution in [1.82, 2.24) is 9.55 Å². The van der Waals surface area contributed by atoms with Crippen LogP contribution in [0.2, 0.25) is 5.02 Å². The molecule has 41 heavy (non-hydrogen) atoms. The fourth-order valence-corrected chi connectivity index (χ4v) is 5.47. The molecule has 1 atom stereocenters. The zero-order chi connectivity index (χ0) is 28.9. The van der Waals surface area contributed by atoms with Crippen LogP contribution in [0.1, 0.15) is 51.0 Å². The van der Waals surface area contributed by atoms with Gasteiger partial charge in [-0.1, -0.05) is 30.9 Å². The lowest BCUT2D eigenvalue weighted by Crippen LogP contribution is -2.28. The molecule has 0 radical (unpaired) electrons. The third-order valence-corrected chi connectivity index (χ3v) is 7.68. The molecule has 1 heterocycles. The number of carboxylic acid groups (broad SMARTS) is 2. The Morgan fingerprint density at radius 2 is 1.54 bits per heavy atom. The summed E-state index contributed by atoms with van der Waals surface area (Å²) in [5.74, 6) is 0.789. The topological polar surface area (TPSA) is 93.8 Å². The summed E-state index contributed by atoms with van der Waals surface area (Å²) in [5, 5.41) is 14.6. The minimum atomic E-state index is -1.83. The number of ether oxygens (including phenoxy) is 2. The fraction of sp³-hybridized carbons (Fsp3) is 0.355. The summed E-state index contributed by atoms with van der Waals surface area (Å²) in [6, 6.07) is 17.5. The summed E-state index contributed by atoms with van der Waals surface area (Å²) in [4.78, 5) is 13.3. The molecule has 1 aromatic heterocycles. The summed E-state index contributed by atoms with van der Waals surface area (Å²) in [6.07, 6.45) is 6.31. The van der Waals surface area contributed by atoms with Gasteiger partial charge in [-0.3, -0.25) is 0 Å². The van der Waals surface area contributed by atoms with Gasteiger partial charge in [0.2, 0.25) is 0 Å². The van der Waals surface area contributed by atoms with Crippen LogP contribution in [0, 0.1) is 17.6 Å². The third kappa shape index (κ3) is 7.27. The lowest BCUT2D eigenvalue weighted by atomic mass is 9.83. The molecular weight excluding hydrogens is 554 g/mol. The van der Waals surface area contributed by atoms with E-state index in [0.29, 0.717) is 40.5 Å². The summed E-state index contributed by atoms with van der Waals surface area (Å²) in [7, 11) is 0. The van der Waals surface area contributed by atoms with Crippen molar-refractivity contribution in [1.29, 1.82) is 0 Å². The lowest BCUT2D eigenvalue weighted by Gasteiger charge is -2.32. The summed E-state index contributed by atoms with van der Waals surface area (Å²) >= 11 is 6.15. The monoisotopic (exact) mass is 584 g/mol. The number of benzene rings is 3. The molecule has 0 saturated heterocycles. The van der Waals surface area contributed by atoms with Gasteiger partial charge in [0.15, 0.2) is 11.6 Å². The Morgan fingerprint density at radius 1 is 0.927 bits per heavy atom. The zero-order valence-electron chi connectivity index (χ0n) is 22.3. The maximum Gasteiger partial charge on any atom is 0.503 e. The van der Waals surface area contributed by atoms with Crippen molar-refractivity contribution in [3.63, 3.8) is 0 Å². The van der Waals surface area contributed by atoms with E-state index >= 15 is 0 Å². The van der Waals surface area contributed by atoms with E-state index in [0.717, 1.165) is 55.6 Å². The van der Waals surface area contributed by atoms with E-state index in [-0.39, 0.29) is 6.04 Å². The number of halogens is 3. The maximum atomic E-state index is 14.5. The van der Waals surface area contributed by atoms with Crippen molar-refractivity contribution in [2.24, 2.45) is 5.92 Å². The van der Waals surface area contributed by atoms with Gasteiger partial charge in [-0.25, -0.2) is 18.6 Å². The highest BCUT2D eigenvalue weighted by molar-refractivity contribution is 6.30. The molecule has 7 nitrogen and oxygen atoms in total. The Kier molecular flexibility index (Phi) is 8.93. The number of hydrogen-bond donors (Lipinski definition) is 2. The average Bonchev–Trinajstić information content (AvgIpc) is 3.71. The van der Waals surface area contributed by atoms with Crippen LogP contribution in [0.4, 0.5) is 13.6 Å². The van der Waals surface area contributed by atoms with E-state index in [1.165, 1.54) is 18.6 Å². The quantitative estimate of drug-likeness (QED) is 0.215. The van der Waals surface area contributed by atoms with Crippen LogP contribution in [-0.4, -0.2) is 38.6 Å². The van der Waals surface area contributed by atoms with Crippen LogP contribution >= 0.6 is 11.6 Å². The maximum absolute atomic E-state index is 14.5. The zero-order valence-corrected chi connectivity index (χ0v) is 23.1. The van der Waals surface area contributed by atoms with Gasteiger partial charge in [0.25, 0.3) is 0 Å². The minimum Gasteiger partial charge on any atom is -0.491 e. The molecule has 2 aliphatic carbocycles. The van der Waals surface area contributed by atoms with Crippen molar-refractivity contribution < 1.29 is 33.3 Å². The smallest absolute Gasteiger partial charge is 0.491 e. The first-order chi connectivity index (χ1) is 19.8. The number of imidazole rings is 1. The van der Waals surface area contributed by atoms with Crippen molar-refractivity contribution in [3.8, 4) is 22.9 Å². The molecule has 1 unspecified atom stereocenters. The molecule has 2 N–H and O–H groups in total. The lowest BCUT2D eigenvalue weighted by molar-refractivity contribution is 0.137. The highest BCUT2D eigenvalue weighted by Crippen LogP contribution is 2.39. The van der Waals surface area contributed by atoms with Crippen LogP contribution in [0.3, 0.4) is 0 Å². The van der Waals surface area contributed by atoms with Gasteiger partial charge < -0.3 is 24.3 Å². The molecule has 4 aromatic rings. The molecule has 0 amide bonds. The third-order valence-electron chi connectivity index (χ3n) is 7.43. The second-order valence-electron chi connectivity index (χ2n) is 10.4. The molecule has 0 spiro atoms. The normalized spacial score (nSPS) is 16.1. The molecule has 2 aliphatic rings. The van der Waals surface area contributed by atoms with Crippen molar-refractivity contribution in [2.45, 2.75) is 57.1 Å². The van der Waals surface area contributed by atoms with Gasteiger partial charge in [-0.05, 0) is 80.1 Å². The van der Waals surface area contributed by atoms with E-state index in [1.54, 1.807) is 12.1 Å². The molecule has 3 aromatic carbocycles. The Morgan fingerprint density at radius 3 is 2.17 bits per heavy atom. The first kappa shape index (κ1) is 28.7. The van der Waals surface area contributed by atoms with Gasteiger partial charge in [-0.15, -0.1) is 0 Å². The summed E-state index contributed by atoms with van der Waals surface area (Å²) < 4.78 is 43.0. The fourth-order valence-electron chi connectivity index (χ4n) is 5.34. The SMILES string of the molecule is Fc1cc2nc(-c3ccc(Cl)cc3)n(C(COc3ccc(OC4CC4)cc3)C3CCCCC3)c2cc1F.O=C(O)O. The van der Waals surface area contributed by atoms with Gasteiger partial charge in [0.05, 0.1) is 23.2 Å². The Hall–Kier alpha value is -3.85. The number of rotatable bonds is 8. The van der Waals surface area contributed by atoms with Gasteiger partial charge in [0, 0.05) is 22.7 Å². The molecule has 6 rings (SSSR count). The Bertz CT molecular complexity index is 1480. The van der Waals surface area contributed by atoms with Crippen LogP contribution in [-0.2, 0) is 0 Å². The van der Waals surface area contributed by atoms with Crippen LogP contribution in [0.5, 0.6) is 11.5 Å². The predicted octanol–water partition coefficient (Wildman–Crippen LogP) is 8.60. The number of carbonyl (C=O) groups is 1. The number of fused-ring (bicyclic) bond motifs is 1. The van der Waals surface area contributed by atoms with Crippen molar-refractivity contribution >= 4 is 28.8 Å². The highest BCUT2D eigenvalue weighted by atomic mass is 35.5. The number of nitrogens with zero attached hydrogens (tertiary/aromatic N) is 2. The largest absolute Gasteiger partial charge is 0.503 e. The molecule has 216 valence electrons. The van der Waals surface area contributed by atoms with E-state index in [2.05, 4.69) is 4.57 Å². The van der Waals surface area contributed by atoms with E-state index < -0.39 is 17.8 Å². The minimum absolute atomic E-state index is 0.108. The second kappa shape index (κ2) is 12.8. The molecule has 10 heteroatoms. The number of hydrogen-bond acceptors (Lipinski definition) is 4. The molecular formula is C31H31ClF2N2O5. The second-order valence-corrected chi connectivity index (χ2v) is 10.9. The summed E-state index contributed by atoms with van der Waals surface area (Å²) in [5.41, 5.74) is 1.83. The first-order valence-electron chi connectivity index (χ1n) is 13.7. The Balaban J connectivity index is 0.000000794. The van der Waals surface area contributed by atoms with Gasteiger partial charge in [0.1, 0.15) is 23.9 Å². The van der Waals surface area contributed by atoms with E-state index in [4.69, 9.17) is 41.1 Å². The summed E-state index contributed by atoms with van der Waals surface area (Å²) in [6.45, 7) is 0.387. The van der Waals surface area contributed by atoms with E-state index in [1.807, 2.05) is 36.4 Å². The van der Waals surface area contributed by atoms with E-state index in [9.17, 15) is 8.78 Å². The van der Waals surface area contributed by atoms with Crippen molar-refractivity contribution in [2.75, 3.05) is 6.61 Å². The average molecular weight is 585 g/mol. The van der Waals surface area contributed by atoms with Crippen LogP contribution < -0.4 is 9.47 Å². The Labute approximate surface area is 241 Å². The molecule has 2 saturated carbocycles. The predicted molar refractivity (Wildman–Crippen MR) is 152 cm³/mol. The molecule has 0 bridgehead atoms. The van der Waals surface area contributed by atoms with Gasteiger partial charge in [-0.2, -0.15) is 0 Å². The molecule has 0 aliphatic heterocycles. The van der Waals surface area contributed by atoms with Crippen LogP contribution in [0.15, 0.2) is 60.7 Å². The first-order valence-corrected chi connectivity index (χ1v) is 14.1. The highest BCUT2D eigenvalue weighted by Gasteiger charge is 2.30. The standard InChI is InChI=1S/C30H29ClF2N2O2.CH2O3/c31-21-8-6-20(7-9-21)30-34-27-16-25(32)26(33)17-28(27)35(30)29(19-4-2-1-3-5-19)18-36-22-10-12-23(13-11-22)37-24-14-15-24;2-1(3)4/h6-13,16-17,19,24,29H,1-5,14-15,18H2;(H2,2,3,4). The number of aromatic nitrogens is 2.